The van der Waals surface area contributed by atoms with Gasteiger partial charge in [0.25, 0.3) is 5.91 Å². The molecule has 156 valence electrons. The van der Waals surface area contributed by atoms with Crippen molar-refractivity contribution in [2.45, 2.75) is 26.0 Å². The molecule has 5 nitrogen and oxygen atoms in total. The van der Waals surface area contributed by atoms with E-state index >= 15 is 0 Å². The molecule has 3 atom stereocenters. The number of halogens is 1. The maximum absolute atomic E-state index is 13.6. The average Bonchev–Trinajstić information content (AvgIpc) is 3.26. The Balaban J connectivity index is 1.63. The molecule has 2 fully saturated rings. The number of anilines is 2. The Morgan fingerprint density at radius 3 is 2.29 bits per heavy atom. The summed E-state index contributed by atoms with van der Waals surface area (Å²) in [6.07, 6.45) is -0.908. The molecule has 2 aliphatic heterocycles. The molecule has 0 unspecified atom stereocenters. The number of rotatable bonds is 3. The minimum Gasteiger partial charge on any atom is -0.273 e. The van der Waals surface area contributed by atoms with Crippen LogP contribution in [0.2, 0.25) is 5.02 Å². The highest BCUT2D eigenvalue weighted by Crippen LogP contribution is 2.48. The largest absolute Gasteiger partial charge is 0.273 e. The lowest BCUT2D eigenvalue weighted by Gasteiger charge is -2.30. The fourth-order valence-electron chi connectivity index (χ4n) is 4.56. The summed E-state index contributed by atoms with van der Waals surface area (Å²) < 4.78 is 0. The first-order valence-corrected chi connectivity index (χ1v) is 10.6. The topological polar surface area (TPSA) is 49.9 Å². The third kappa shape index (κ3) is 3.12. The van der Waals surface area contributed by atoms with Gasteiger partial charge in [-0.3, -0.25) is 14.4 Å². The average molecular weight is 433 g/mol. The van der Waals surface area contributed by atoms with Crippen molar-refractivity contribution in [1.29, 1.82) is 0 Å². The molecule has 2 amide bonds. The van der Waals surface area contributed by atoms with E-state index in [-0.39, 0.29) is 5.91 Å². The molecule has 2 saturated heterocycles. The number of nitrogens with zero attached hydrogens (tertiary/aromatic N) is 2. The van der Waals surface area contributed by atoms with Crippen LogP contribution in [0.15, 0.2) is 72.8 Å². The van der Waals surface area contributed by atoms with Gasteiger partial charge in [-0.1, -0.05) is 65.7 Å². The quantitative estimate of drug-likeness (QED) is 0.546. The van der Waals surface area contributed by atoms with Crippen LogP contribution in [0.4, 0.5) is 11.4 Å². The molecular formula is C25H21ClN2O3. The van der Waals surface area contributed by atoms with E-state index in [1.54, 1.807) is 29.3 Å². The van der Waals surface area contributed by atoms with Crippen LogP contribution in [0.3, 0.4) is 0 Å². The van der Waals surface area contributed by atoms with E-state index in [1.165, 1.54) is 4.90 Å². The van der Waals surface area contributed by atoms with Gasteiger partial charge in [-0.15, -0.1) is 0 Å². The standard InChI is InChI=1S/C25H21ClN2O3/c1-15-12-13-18(16(2)14-15)22-21-23(31-28(22)17-8-4-3-5-9-17)25(30)27(24(21)29)20-11-7-6-10-19(20)26/h3-14,21-23H,1-2H3/t21-,22+,23-/m1/s1. The lowest BCUT2D eigenvalue weighted by atomic mass is 9.87. The van der Waals surface area contributed by atoms with E-state index in [2.05, 4.69) is 6.07 Å². The highest BCUT2D eigenvalue weighted by molar-refractivity contribution is 6.36. The van der Waals surface area contributed by atoms with E-state index in [9.17, 15) is 9.59 Å². The van der Waals surface area contributed by atoms with Gasteiger partial charge in [0.15, 0.2) is 6.10 Å². The van der Waals surface area contributed by atoms with Crippen molar-refractivity contribution in [3.05, 3.63) is 94.5 Å². The number of hydrogen-bond acceptors (Lipinski definition) is 4. The summed E-state index contributed by atoms with van der Waals surface area (Å²) in [5.74, 6) is -1.37. The molecular weight excluding hydrogens is 412 g/mol. The maximum Gasteiger partial charge on any atom is 0.266 e. The predicted molar refractivity (Wildman–Crippen MR) is 120 cm³/mol. The number of hydroxylamine groups is 1. The maximum atomic E-state index is 13.6. The Morgan fingerprint density at radius 2 is 1.58 bits per heavy atom. The summed E-state index contributed by atoms with van der Waals surface area (Å²) in [5, 5.41) is 2.07. The highest BCUT2D eigenvalue weighted by Gasteiger charge is 2.60. The monoisotopic (exact) mass is 432 g/mol. The van der Waals surface area contributed by atoms with Gasteiger partial charge in [-0.2, -0.15) is 0 Å². The first-order valence-electron chi connectivity index (χ1n) is 10.2. The van der Waals surface area contributed by atoms with Gasteiger partial charge in [-0.05, 0) is 49.2 Å². The summed E-state index contributed by atoms with van der Waals surface area (Å²) in [6.45, 7) is 4.05. The molecule has 5 rings (SSSR count). The lowest BCUT2D eigenvalue weighted by molar-refractivity contribution is -0.126. The molecule has 0 spiro atoms. The number of para-hydroxylation sites is 2. The Morgan fingerprint density at radius 1 is 0.871 bits per heavy atom. The van der Waals surface area contributed by atoms with E-state index in [0.29, 0.717) is 10.7 Å². The molecule has 0 aliphatic carbocycles. The summed E-state index contributed by atoms with van der Waals surface area (Å²) >= 11 is 6.31. The van der Waals surface area contributed by atoms with E-state index in [4.69, 9.17) is 16.4 Å². The molecule has 2 aliphatic rings. The van der Waals surface area contributed by atoms with Gasteiger partial charge in [0, 0.05) is 0 Å². The van der Waals surface area contributed by atoms with Gasteiger partial charge < -0.3 is 0 Å². The Kier molecular flexibility index (Phi) is 4.80. The first kappa shape index (κ1) is 19.8. The number of carbonyl (C=O) groups is 2. The molecule has 0 bridgehead atoms. The second-order valence-corrected chi connectivity index (χ2v) is 8.39. The third-order valence-corrected chi connectivity index (χ3v) is 6.28. The summed E-state index contributed by atoms with van der Waals surface area (Å²) in [7, 11) is 0. The van der Waals surface area contributed by atoms with Crippen molar-refractivity contribution in [3.63, 3.8) is 0 Å². The number of carbonyl (C=O) groups excluding carboxylic acids is 2. The van der Waals surface area contributed by atoms with Crippen molar-refractivity contribution < 1.29 is 14.4 Å². The van der Waals surface area contributed by atoms with Crippen LogP contribution in [-0.4, -0.2) is 17.9 Å². The van der Waals surface area contributed by atoms with E-state index < -0.39 is 24.0 Å². The van der Waals surface area contributed by atoms with Gasteiger partial charge in [0.2, 0.25) is 5.91 Å². The van der Waals surface area contributed by atoms with Crippen molar-refractivity contribution in [3.8, 4) is 0 Å². The minimum absolute atomic E-state index is 0.300. The second kappa shape index (κ2) is 7.52. The van der Waals surface area contributed by atoms with E-state index in [0.717, 1.165) is 22.4 Å². The van der Waals surface area contributed by atoms with Crippen molar-refractivity contribution in [2.75, 3.05) is 9.96 Å². The fourth-order valence-corrected chi connectivity index (χ4v) is 4.78. The zero-order valence-electron chi connectivity index (χ0n) is 17.2. The van der Waals surface area contributed by atoms with Gasteiger partial charge >= 0.3 is 0 Å². The van der Waals surface area contributed by atoms with Crippen LogP contribution < -0.4 is 9.96 Å². The SMILES string of the molecule is Cc1ccc([C@H]2[C@H]3C(=O)N(c4ccccc4Cl)C(=O)[C@@H]3ON2c2ccccc2)c(C)c1. The number of hydrogen-bond donors (Lipinski definition) is 0. The van der Waals surface area contributed by atoms with E-state index in [1.807, 2.05) is 56.3 Å². The number of imide groups is 1. The normalized spacial score (nSPS) is 22.9. The van der Waals surface area contributed by atoms with Gasteiger partial charge in [0.05, 0.1) is 22.4 Å². The summed E-state index contributed by atoms with van der Waals surface area (Å²) in [4.78, 5) is 34.3. The van der Waals surface area contributed by atoms with Crippen LogP contribution in [-0.2, 0) is 14.4 Å². The van der Waals surface area contributed by atoms with Crippen LogP contribution in [0.1, 0.15) is 22.7 Å². The molecule has 0 saturated carbocycles. The second-order valence-electron chi connectivity index (χ2n) is 7.98. The van der Waals surface area contributed by atoms with Gasteiger partial charge in [0.1, 0.15) is 5.92 Å². The number of aryl methyl sites for hydroxylation is 2. The fraction of sp³-hybridized carbons (Fsp3) is 0.200. The van der Waals surface area contributed by atoms with Crippen LogP contribution in [0, 0.1) is 19.8 Å². The Bertz CT molecular complexity index is 1180. The molecule has 3 aromatic carbocycles. The number of amides is 2. The van der Waals surface area contributed by atoms with Crippen molar-refractivity contribution >= 4 is 34.8 Å². The Hall–Kier alpha value is -3.15. The molecule has 3 aromatic rings. The Labute approximate surface area is 185 Å². The molecule has 0 N–H and O–H groups in total. The van der Waals surface area contributed by atoms with Crippen LogP contribution in [0.25, 0.3) is 0 Å². The molecule has 31 heavy (non-hydrogen) atoms. The predicted octanol–water partition coefficient (Wildman–Crippen LogP) is 5.01. The first-order chi connectivity index (χ1) is 15.0. The molecule has 0 aromatic heterocycles. The van der Waals surface area contributed by atoms with Gasteiger partial charge in [-0.25, -0.2) is 9.96 Å². The lowest BCUT2D eigenvalue weighted by Crippen LogP contribution is -2.37. The smallest absolute Gasteiger partial charge is 0.266 e. The molecule has 0 radical (unpaired) electrons. The molecule has 6 heteroatoms. The van der Waals surface area contributed by atoms with Crippen molar-refractivity contribution in [1.82, 2.24) is 0 Å². The zero-order chi connectivity index (χ0) is 21.7. The zero-order valence-corrected chi connectivity index (χ0v) is 17.9. The van der Waals surface area contributed by atoms with Crippen LogP contribution in [0.5, 0.6) is 0 Å². The number of benzene rings is 3. The molecule has 2 heterocycles. The minimum atomic E-state index is -0.908. The van der Waals surface area contributed by atoms with Crippen molar-refractivity contribution in [2.24, 2.45) is 5.92 Å². The number of fused-ring (bicyclic) bond motifs is 1. The van der Waals surface area contributed by atoms with Crippen LogP contribution >= 0.6 is 11.6 Å². The highest BCUT2D eigenvalue weighted by atomic mass is 35.5. The summed E-state index contributed by atoms with van der Waals surface area (Å²) in [6, 6.07) is 22.1. The third-order valence-electron chi connectivity index (χ3n) is 5.96. The summed E-state index contributed by atoms with van der Waals surface area (Å²) in [5.41, 5.74) is 4.33.